The highest BCUT2D eigenvalue weighted by Gasteiger charge is 2.15. The highest BCUT2D eigenvalue weighted by molar-refractivity contribution is 5.62. The Morgan fingerprint density at radius 1 is 1.00 bits per heavy atom. The minimum absolute atomic E-state index is 0.410. The number of aromatic nitrogens is 2. The van der Waals surface area contributed by atoms with Crippen LogP contribution in [0.2, 0.25) is 0 Å². The van der Waals surface area contributed by atoms with Crippen LogP contribution >= 0.6 is 0 Å². The predicted molar refractivity (Wildman–Crippen MR) is 89.9 cm³/mol. The number of hydrogen-bond donors (Lipinski definition) is 1. The van der Waals surface area contributed by atoms with Crippen LogP contribution in [0.1, 0.15) is 49.1 Å². The van der Waals surface area contributed by atoms with Gasteiger partial charge in [-0.3, -0.25) is 0 Å². The zero-order valence-corrected chi connectivity index (χ0v) is 13.9. The van der Waals surface area contributed by atoms with E-state index in [0.29, 0.717) is 5.92 Å². The standard InChI is InChI=1S/C18H25N3/c1-7-19-18-16(11(2)3)14(6)20-17(21-18)15-9-12(4)8-13(5)10-15/h8-11H,7H2,1-6H3,(H,19,20,21). The molecular weight excluding hydrogens is 258 g/mol. The van der Waals surface area contributed by atoms with Gasteiger partial charge in [-0.25, -0.2) is 9.97 Å². The molecule has 0 atom stereocenters. The maximum absolute atomic E-state index is 4.77. The average molecular weight is 283 g/mol. The minimum Gasteiger partial charge on any atom is -0.370 e. The van der Waals surface area contributed by atoms with Crippen molar-refractivity contribution < 1.29 is 0 Å². The van der Waals surface area contributed by atoms with Gasteiger partial charge < -0.3 is 5.32 Å². The van der Waals surface area contributed by atoms with Gasteiger partial charge in [-0.1, -0.05) is 31.0 Å². The Bertz CT molecular complexity index is 625. The van der Waals surface area contributed by atoms with E-state index >= 15 is 0 Å². The van der Waals surface area contributed by atoms with Crippen LogP contribution in [-0.4, -0.2) is 16.5 Å². The third-order valence-electron chi connectivity index (χ3n) is 3.54. The van der Waals surface area contributed by atoms with Crippen molar-refractivity contribution in [3.63, 3.8) is 0 Å². The minimum atomic E-state index is 0.410. The highest BCUT2D eigenvalue weighted by Crippen LogP contribution is 2.28. The van der Waals surface area contributed by atoms with E-state index in [1.165, 1.54) is 16.7 Å². The summed E-state index contributed by atoms with van der Waals surface area (Å²) in [4.78, 5) is 9.51. The molecule has 2 aromatic rings. The van der Waals surface area contributed by atoms with Gasteiger partial charge in [0.15, 0.2) is 5.82 Å². The fourth-order valence-corrected chi connectivity index (χ4v) is 2.81. The molecule has 0 spiro atoms. The van der Waals surface area contributed by atoms with E-state index in [0.717, 1.165) is 29.4 Å². The van der Waals surface area contributed by atoms with E-state index in [4.69, 9.17) is 9.97 Å². The van der Waals surface area contributed by atoms with Gasteiger partial charge >= 0.3 is 0 Å². The summed E-state index contributed by atoms with van der Waals surface area (Å²) in [5, 5.41) is 3.39. The molecule has 0 amide bonds. The fourth-order valence-electron chi connectivity index (χ4n) is 2.81. The topological polar surface area (TPSA) is 37.8 Å². The summed E-state index contributed by atoms with van der Waals surface area (Å²) in [6.45, 7) is 13.6. The molecule has 2 rings (SSSR count). The molecule has 0 unspecified atom stereocenters. The molecule has 0 saturated heterocycles. The van der Waals surface area contributed by atoms with E-state index in [9.17, 15) is 0 Å². The summed E-state index contributed by atoms with van der Waals surface area (Å²) < 4.78 is 0. The molecule has 1 N–H and O–H groups in total. The second-order valence-electron chi connectivity index (χ2n) is 5.96. The third kappa shape index (κ3) is 3.41. The zero-order chi connectivity index (χ0) is 15.6. The molecule has 0 fully saturated rings. The quantitative estimate of drug-likeness (QED) is 0.889. The summed E-state index contributed by atoms with van der Waals surface area (Å²) >= 11 is 0. The SMILES string of the molecule is CCNc1nc(-c2cc(C)cc(C)c2)nc(C)c1C(C)C. The Hall–Kier alpha value is -1.90. The first kappa shape index (κ1) is 15.5. The third-order valence-corrected chi connectivity index (χ3v) is 3.54. The van der Waals surface area contributed by atoms with Crippen LogP contribution < -0.4 is 5.32 Å². The number of hydrogen-bond acceptors (Lipinski definition) is 3. The summed E-state index contributed by atoms with van der Waals surface area (Å²) in [6.07, 6.45) is 0. The number of aryl methyl sites for hydroxylation is 3. The molecule has 1 aromatic heterocycles. The van der Waals surface area contributed by atoms with Crippen LogP contribution in [0.3, 0.4) is 0 Å². The van der Waals surface area contributed by atoms with Crippen molar-refractivity contribution in [2.75, 3.05) is 11.9 Å². The summed E-state index contributed by atoms with van der Waals surface area (Å²) in [5.41, 5.74) is 5.84. The van der Waals surface area contributed by atoms with E-state index < -0.39 is 0 Å². The van der Waals surface area contributed by atoms with Crippen molar-refractivity contribution in [3.8, 4) is 11.4 Å². The van der Waals surface area contributed by atoms with E-state index in [2.05, 4.69) is 65.1 Å². The van der Waals surface area contributed by atoms with Gasteiger partial charge in [-0.15, -0.1) is 0 Å². The van der Waals surface area contributed by atoms with Crippen molar-refractivity contribution >= 4 is 5.82 Å². The monoisotopic (exact) mass is 283 g/mol. The van der Waals surface area contributed by atoms with Gasteiger partial charge in [0.1, 0.15) is 5.82 Å². The summed E-state index contributed by atoms with van der Waals surface area (Å²) in [6, 6.07) is 6.46. The molecular formula is C18H25N3. The molecule has 3 heteroatoms. The van der Waals surface area contributed by atoms with Gasteiger partial charge in [-0.05, 0) is 45.7 Å². The normalized spacial score (nSPS) is 11.0. The molecule has 21 heavy (non-hydrogen) atoms. The first-order chi connectivity index (χ1) is 9.92. The highest BCUT2D eigenvalue weighted by atomic mass is 15.0. The van der Waals surface area contributed by atoms with E-state index in [-0.39, 0.29) is 0 Å². The number of nitrogens with zero attached hydrogens (tertiary/aromatic N) is 2. The van der Waals surface area contributed by atoms with E-state index in [1.54, 1.807) is 0 Å². The maximum atomic E-state index is 4.77. The molecule has 0 aliphatic rings. The van der Waals surface area contributed by atoms with Crippen LogP contribution in [0.5, 0.6) is 0 Å². The summed E-state index contributed by atoms with van der Waals surface area (Å²) in [5.74, 6) is 2.18. The number of benzene rings is 1. The molecule has 3 nitrogen and oxygen atoms in total. The molecule has 0 aliphatic carbocycles. The molecule has 1 heterocycles. The van der Waals surface area contributed by atoms with Crippen LogP contribution in [0.4, 0.5) is 5.82 Å². The van der Waals surface area contributed by atoms with Gasteiger partial charge in [0.05, 0.1) is 0 Å². The van der Waals surface area contributed by atoms with Gasteiger partial charge in [0.2, 0.25) is 0 Å². The molecule has 112 valence electrons. The smallest absolute Gasteiger partial charge is 0.161 e. The van der Waals surface area contributed by atoms with Gasteiger partial charge in [0.25, 0.3) is 0 Å². The largest absolute Gasteiger partial charge is 0.370 e. The number of rotatable bonds is 4. The fraction of sp³-hybridized carbons (Fsp3) is 0.444. The zero-order valence-electron chi connectivity index (χ0n) is 13.9. The van der Waals surface area contributed by atoms with Crippen LogP contribution in [-0.2, 0) is 0 Å². The van der Waals surface area contributed by atoms with E-state index in [1.807, 2.05) is 0 Å². The lowest BCUT2D eigenvalue weighted by Crippen LogP contribution is -2.09. The molecule has 1 aromatic carbocycles. The first-order valence-corrected chi connectivity index (χ1v) is 7.63. The molecule has 0 aliphatic heterocycles. The van der Waals surface area contributed by atoms with Crippen molar-refractivity contribution in [2.45, 2.75) is 47.5 Å². The summed E-state index contributed by atoms with van der Waals surface area (Å²) in [7, 11) is 0. The van der Waals surface area contributed by atoms with Crippen molar-refractivity contribution in [3.05, 3.63) is 40.6 Å². The Balaban J connectivity index is 2.60. The molecule has 0 bridgehead atoms. The van der Waals surface area contributed by atoms with Crippen LogP contribution in [0.15, 0.2) is 18.2 Å². The lowest BCUT2D eigenvalue weighted by atomic mass is 10.0. The Morgan fingerprint density at radius 3 is 2.14 bits per heavy atom. The van der Waals surface area contributed by atoms with Crippen LogP contribution in [0.25, 0.3) is 11.4 Å². The second-order valence-corrected chi connectivity index (χ2v) is 5.96. The maximum Gasteiger partial charge on any atom is 0.161 e. The lowest BCUT2D eigenvalue weighted by Gasteiger charge is -2.17. The Labute approximate surface area is 127 Å². The first-order valence-electron chi connectivity index (χ1n) is 7.63. The predicted octanol–water partition coefficient (Wildman–Crippen LogP) is 4.62. The lowest BCUT2D eigenvalue weighted by molar-refractivity contribution is 0.831. The second kappa shape index (κ2) is 6.25. The van der Waals surface area contributed by atoms with Crippen LogP contribution in [0, 0.1) is 20.8 Å². The average Bonchev–Trinajstić information content (AvgIpc) is 2.36. The number of anilines is 1. The van der Waals surface area contributed by atoms with Crippen molar-refractivity contribution in [1.29, 1.82) is 0 Å². The van der Waals surface area contributed by atoms with Crippen molar-refractivity contribution in [1.82, 2.24) is 9.97 Å². The van der Waals surface area contributed by atoms with Gasteiger partial charge in [0, 0.05) is 23.4 Å². The Morgan fingerprint density at radius 2 is 1.62 bits per heavy atom. The Kier molecular flexibility index (Phi) is 4.61. The molecule has 0 saturated carbocycles. The van der Waals surface area contributed by atoms with Crippen molar-refractivity contribution in [2.24, 2.45) is 0 Å². The molecule has 0 radical (unpaired) electrons. The number of nitrogens with one attached hydrogen (secondary N) is 1. The van der Waals surface area contributed by atoms with Gasteiger partial charge in [-0.2, -0.15) is 0 Å².